The van der Waals surface area contributed by atoms with E-state index in [0.29, 0.717) is 22.8 Å². The van der Waals surface area contributed by atoms with Crippen LogP contribution in [0.1, 0.15) is 50.2 Å². The van der Waals surface area contributed by atoms with Gasteiger partial charge in [0.1, 0.15) is 17.4 Å². The van der Waals surface area contributed by atoms with E-state index in [-0.39, 0.29) is 5.75 Å². The van der Waals surface area contributed by atoms with Gasteiger partial charge in [0.05, 0.1) is 5.56 Å². The van der Waals surface area contributed by atoms with Crippen LogP contribution in [0.5, 0.6) is 5.75 Å². The fourth-order valence-corrected chi connectivity index (χ4v) is 3.34. The van der Waals surface area contributed by atoms with Gasteiger partial charge in [-0.2, -0.15) is 8.78 Å². The van der Waals surface area contributed by atoms with Crippen molar-refractivity contribution in [1.82, 2.24) is 0 Å². The van der Waals surface area contributed by atoms with Crippen LogP contribution in [0.3, 0.4) is 0 Å². The molecule has 29 heavy (non-hydrogen) atoms. The van der Waals surface area contributed by atoms with Gasteiger partial charge in [-0.15, -0.1) is 0 Å². The minimum absolute atomic E-state index is 0.117. The van der Waals surface area contributed by atoms with Crippen LogP contribution in [-0.4, -0.2) is 0 Å². The van der Waals surface area contributed by atoms with Crippen LogP contribution < -0.4 is 4.74 Å². The van der Waals surface area contributed by atoms with Crippen LogP contribution in [0.25, 0.3) is 10.8 Å². The standard InChI is InChI=1S/C24H24F4O/c1-2-3-4-5-6-7-17-8-13-22(23(26)14-17)24(27,28)29-21-12-10-18-15-20(25)11-9-19(18)16-21/h8-16H,2-7H2,1H3. The highest BCUT2D eigenvalue weighted by Gasteiger charge is 2.37. The summed E-state index contributed by atoms with van der Waals surface area (Å²) >= 11 is 0. The number of alkyl halides is 2. The molecule has 0 radical (unpaired) electrons. The summed E-state index contributed by atoms with van der Waals surface area (Å²) in [6.45, 7) is 2.13. The highest BCUT2D eigenvalue weighted by Crippen LogP contribution is 2.35. The molecule has 0 saturated heterocycles. The second-order valence-electron chi connectivity index (χ2n) is 7.25. The zero-order chi connectivity index (χ0) is 20.9. The van der Waals surface area contributed by atoms with Crippen molar-refractivity contribution in [3.8, 4) is 5.75 Å². The van der Waals surface area contributed by atoms with E-state index in [2.05, 4.69) is 6.92 Å². The van der Waals surface area contributed by atoms with Crippen LogP contribution in [0.2, 0.25) is 0 Å². The molecule has 0 atom stereocenters. The number of aryl methyl sites for hydroxylation is 1. The number of benzene rings is 3. The molecule has 0 fully saturated rings. The normalized spacial score (nSPS) is 11.8. The summed E-state index contributed by atoms with van der Waals surface area (Å²) in [5, 5.41) is 1.12. The van der Waals surface area contributed by atoms with E-state index < -0.39 is 23.3 Å². The molecule has 0 aromatic heterocycles. The Bertz CT molecular complexity index is 968. The molecular weight excluding hydrogens is 380 g/mol. The Labute approximate surface area is 168 Å². The summed E-state index contributed by atoms with van der Waals surface area (Å²) in [5.41, 5.74) is -0.0993. The molecule has 0 aliphatic heterocycles. The number of unbranched alkanes of at least 4 members (excludes halogenated alkanes) is 4. The number of hydrogen-bond donors (Lipinski definition) is 0. The van der Waals surface area contributed by atoms with Crippen LogP contribution in [-0.2, 0) is 12.5 Å². The Kier molecular flexibility index (Phi) is 6.78. The molecule has 0 unspecified atom stereocenters. The number of ether oxygens (including phenoxy) is 1. The predicted octanol–water partition coefficient (Wildman–Crippen LogP) is 7.76. The maximum absolute atomic E-state index is 14.6. The average Bonchev–Trinajstić information content (AvgIpc) is 2.67. The van der Waals surface area contributed by atoms with Crippen molar-refractivity contribution in [2.24, 2.45) is 0 Å². The summed E-state index contributed by atoms with van der Waals surface area (Å²) in [7, 11) is 0. The van der Waals surface area contributed by atoms with Crippen LogP contribution in [0.4, 0.5) is 17.6 Å². The Hall–Kier alpha value is -2.56. The van der Waals surface area contributed by atoms with E-state index in [0.717, 1.165) is 37.8 Å². The zero-order valence-corrected chi connectivity index (χ0v) is 16.4. The first-order chi connectivity index (χ1) is 13.9. The third-order valence-corrected chi connectivity index (χ3v) is 4.94. The van der Waals surface area contributed by atoms with E-state index in [1.165, 1.54) is 48.9 Å². The molecule has 0 bridgehead atoms. The van der Waals surface area contributed by atoms with Crippen molar-refractivity contribution in [3.63, 3.8) is 0 Å². The van der Waals surface area contributed by atoms with Crippen molar-refractivity contribution in [2.45, 2.75) is 51.6 Å². The lowest BCUT2D eigenvalue weighted by Crippen LogP contribution is -2.23. The number of hydrogen-bond acceptors (Lipinski definition) is 1. The van der Waals surface area contributed by atoms with E-state index in [1.54, 1.807) is 0 Å². The molecule has 154 valence electrons. The molecule has 0 spiro atoms. The maximum atomic E-state index is 14.6. The van der Waals surface area contributed by atoms with Crippen molar-refractivity contribution in [1.29, 1.82) is 0 Å². The Morgan fingerprint density at radius 3 is 2.28 bits per heavy atom. The third kappa shape index (κ3) is 5.49. The fourth-order valence-electron chi connectivity index (χ4n) is 3.34. The molecule has 0 N–H and O–H groups in total. The zero-order valence-electron chi connectivity index (χ0n) is 16.4. The molecule has 3 rings (SSSR count). The minimum atomic E-state index is -3.82. The second kappa shape index (κ2) is 9.29. The third-order valence-electron chi connectivity index (χ3n) is 4.94. The summed E-state index contributed by atoms with van der Waals surface area (Å²) < 4.78 is 61.6. The van der Waals surface area contributed by atoms with Gasteiger partial charge in [0.15, 0.2) is 0 Å². The van der Waals surface area contributed by atoms with Gasteiger partial charge in [-0.05, 0) is 65.6 Å². The van der Waals surface area contributed by atoms with Crippen molar-refractivity contribution in [2.75, 3.05) is 0 Å². The van der Waals surface area contributed by atoms with Gasteiger partial charge in [-0.25, -0.2) is 8.78 Å². The number of halogens is 4. The minimum Gasteiger partial charge on any atom is -0.429 e. The Morgan fingerprint density at radius 1 is 0.793 bits per heavy atom. The largest absolute Gasteiger partial charge is 0.429 e. The maximum Gasteiger partial charge on any atom is 0.429 e. The van der Waals surface area contributed by atoms with Gasteiger partial charge in [-0.1, -0.05) is 50.8 Å². The Morgan fingerprint density at radius 2 is 1.52 bits per heavy atom. The predicted molar refractivity (Wildman–Crippen MR) is 107 cm³/mol. The molecule has 0 aliphatic rings. The SMILES string of the molecule is CCCCCCCc1ccc(C(F)(F)Oc2ccc3cc(F)ccc3c2)c(F)c1. The smallest absolute Gasteiger partial charge is 0.429 e. The van der Waals surface area contributed by atoms with Gasteiger partial charge < -0.3 is 4.74 Å². The molecule has 0 aliphatic carbocycles. The van der Waals surface area contributed by atoms with Crippen LogP contribution in [0, 0.1) is 11.6 Å². The van der Waals surface area contributed by atoms with Crippen molar-refractivity contribution in [3.05, 3.63) is 77.4 Å². The van der Waals surface area contributed by atoms with E-state index in [9.17, 15) is 17.6 Å². The first-order valence-electron chi connectivity index (χ1n) is 9.94. The first-order valence-corrected chi connectivity index (χ1v) is 9.94. The van der Waals surface area contributed by atoms with E-state index >= 15 is 0 Å². The van der Waals surface area contributed by atoms with Crippen LogP contribution >= 0.6 is 0 Å². The molecule has 5 heteroatoms. The molecule has 0 heterocycles. The highest BCUT2D eigenvalue weighted by atomic mass is 19.3. The lowest BCUT2D eigenvalue weighted by atomic mass is 10.0. The topological polar surface area (TPSA) is 9.23 Å². The quantitative estimate of drug-likeness (QED) is 0.262. The van der Waals surface area contributed by atoms with Gasteiger partial charge in [0.2, 0.25) is 0 Å². The molecule has 1 nitrogen and oxygen atoms in total. The lowest BCUT2D eigenvalue weighted by molar-refractivity contribution is -0.187. The average molecular weight is 404 g/mol. The first kappa shape index (κ1) is 21.2. The molecule has 3 aromatic rings. The molecule has 0 saturated carbocycles. The van der Waals surface area contributed by atoms with Gasteiger partial charge in [0.25, 0.3) is 0 Å². The fraction of sp³-hybridized carbons (Fsp3) is 0.333. The monoisotopic (exact) mass is 404 g/mol. The van der Waals surface area contributed by atoms with E-state index in [4.69, 9.17) is 4.74 Å². The number of rotatable bonds is 9. The number of fused-ring (bicyclic) bond motifs is 1. The summed E-state index contributed by atoms with van der Waals surface area (Å²) in [4.78, 5) is 0. The Balaban J connectivity index is 1.70. The van der Waals surface area contributed by atoms with Crippen molar-refractivity contribution >= 4 is 10.8 Å². The van der Waals surface area contributed by atoms with Crippen molar-refractivity contribution < 1.29 is 22.3 Å². The van der Waals surface area contributed by atoms with Crippen LogP contribution in [0.15, 0.2) is 54.6 Å². The van der Waals surface area contributed by atoms with Gasteiger partial charge >= 0.3 is 6.11 Å². The molecule has 3 aromatic carbocycles. The summed E-state index contributed by atoms with van der Waals surface area (Å²) in [5.74, 6) is -1.51. The second-order valence-corrected chi connectivity index (χ2v) is 7.25. The molecule has 0 amide bonds. The molecular formula is C24H24F4O. The highest BCUT2D eigenvalue weighted by molar-refractivity contribution is 5.83. The summed E-state index contributed by atoms with van der Waals surface area (Å²) in [6.07, 6.45) is 2.23. The summed E-state index contributed by atoms with van der Waals surface area (Å²) in [6, 6.07) is 12.0. The lowest BCUT2D eigenvalue weighted by Gasteiger charge is -2.19. The van der Waals surface area contributed by atoms with Gasteiger partial charge in [-0.3, -0.25) is 0 Å². The van der Waals surface area contributed by atoms with Gasteiger partial charge in [0, 0.05) is 0 Å². The van der Waals surface area contributed by atoms with E-state index in [1.807, 2.05) is 0 Å².